The molecule has 0 aliphatic carbocycles. The molecule has 90 valence electrons. The van der Waals surface area contributed by atoms with Gasteiger partial charge in [0.2, 0.25) is 0 Å². The van der Waals surface area contributed by atoms with E-state index in [4.69, 9.17) is 10.00 Å². The fourth-order valence-corrected chi connectivity index (χ4v) is 2.03. The highest BCUT2D eigenvalue weighted by molar-refractivity contribution is 5.56. The van der Waals surface area contributed by atoms with E-state index in [0.29, 0.717) is 11.4 Å². The van der Waals surface area contributed by atoms with Crippen LogP contribution in [-0.2, 0) is 4.74 Å². The van der Waals surface area contributed by atoms with Gasteiger partial charge in [0.15, 0.2) is 0 Å². The molecule has 0 saturated carbocycles. The lowest BCUT2D eigenvalue weighted by molar-refractivity contribution is 0.111. The third-order valence-corrected chi connectivity index (χ3v) is 3.05. The molecule has 1 saturated heterocycles. The van der Waals surface area contributed by atoms with E-state index in [2.05, 4.69) is 21.7 Å². The first-order valence-corrected chi connectivity index (χ1v) is 5.62. The molecule has 2 heterocycles. The van der Waals surface area contributed by atoms with Crippen molar-refractivity contribution in [1.82, 2.24) is 10.3 Å². The fraction of sp³-hybridized carbons (Fsp3) is 0.500. The van der Waals surface area contributed by atoms with E-state index in [1.54, 1.807) is 13.3 Å². The number of nitrogens with zero attached hydrogens (tertiary/aromatic N) is 2. The molecule has 1 aliphatic rings. The number of hydrogen-bond donors (Lipinski definition) is 2. The molecule has 2 rings (SSSR count). The van der Waals surface area contributed by atoms with Crippen LogP contribution in [0.4, 0.5) is 5.82 Å². The van der Waals surface area contributed by atoms with Gasteiger partial charge in [-0.15, -0.1) is 0 Å². The molecule has 1 aromatic rings. The third-order valence-electron chi connectivity index (χ3n) is 3.05. The first-order chi connectivity index (χ1) is 8.26. The largest absolute Gasteiger partial charge is 0.378 e. The lowest BCUT2D eigenvalue weighted by Crippen LogP contribution is -2.34. The minimum absolute atomic E-state index is 0.115. The lowest BCUT2D eigenvalue weighted by atomic mass is 10.1. The van der Waals surface area contributed by atoms with Crippen molar-refractivity contribution in [2.75, 3.05) is 25.5 Å². The molecule has 5 nitrogen and oxygen atoms in total. The molecule has 0 bridgehead atoms. The second-order valence-corrected chi connectivity index (χ2v) is 4.15. The predicted octanol–water partition coefficient (Wildman–Crippen LogP) is 0.660. The van der Waals surface area contributed by atoms with Crippen LogP contribution in [-0.4, -0.2) is 37.3 Å². The quantitative estimate of drug-likeness (QED) is 0.801. The Morgan fingerprint density at radius 2 is 2.41 bits per heavy atom. The Morgan fingerprint density at radius 1 is 1.59 bits per heavy atom. The van der Waals surface area contributed by atoms with E-state index in [1.807, 2.05) is 13.0 Å². The van der Waals surface area contributed by atoms with E-state index in [0.717, 1.165) is 18.7 Å². The molecule has 1 fully saturated rings. The summed E-state index contributed by atoms with van der Waals surface area (Å²) in [5.41, 5.74) is 1.54. The zero-order chi connectivity index (χ0) is 12.3. The van der Waals surface area contributed by atoms with Crippen LogP contribution in [0.15, 0.2) is 12.3 Å². The molecular formula is C12H16N4O. The fourth-order valence-electron chi connectivity index (χ4n) is 2.03. The minimum atomic E-state index is 0.115. The summed E-state index contributed by atoms with van der Waals surface area (Å²) < 4.78 is 5.36. The van der Waals surface area contributed by atoms with Gasteiger partial charge in [0.05, 0.1) is 17.7 Å². The molecule has 0 amide bonds. The van der Waals surface area contributed by atoms with Crippen molar-refractivity contribution in [1.29, 1.82) is 5.26 Å². The Bertz CT molecular complexity index is 441. The van der Waals surface area contributed by atoms with Crippen molar-refractivity contribution in [3.8, 4) is 6.07 Å². The smallest absolute Gasteiger partial charge is 0.144 e. The van der Waals surface area contributed by atoms with Gasteiger partial charge in [-0.3, -0.25) is 0 Å². The van der Waals surface area contributed by atoms with Gasteiger partial charge >= 0.3 is 0 Å². The van der Waals surface area contributed by atoms with Crippen LogP contribution in [0.5, 0.6) is 0 Å². The number of methoxy groups -OCH3 is 1. The number of nitrogens with one attached hydrogen (secondary N) is 2. The Hall–Kier alpha value is -1.64. The Kier molecular flexibility index (Phi) is 3.57. The summed E-state index contributed by atoms with van der Waals surface area (Å²) in [4.78, 5) is 4.23. The molecule has 5 heteroatoms. The highest BCUT2D eigenvalue weighted by atomic mass is 16.5. The van der Waals surface area contributed by atoms with Crippen molar-refractivity contribution in [2.45, 2.75) is 19.1 Å². The average Bonchev–Trinajstić information content (AvgIpc) is 2.77. The summed E-state index contributed by atoms with van der Waals surface area (Å²) in [7, 11) is 1.70. The molecule has 1 aromatic heterocycles. The Labute approximate surface area is 101 Å². The van der Waals surface area contributed by atoms with Gasteiger partial charge in [-0.05, 0) is 18.6 Å². The van der Waals surface area contributed by atoms with E-state index >= 15 is 0 Å². The Morgan fingerprint density at radius 3 is 3.12 bits per heavy atom. The molecule has 0 radical (unpaired) electrons. The van der Waals surface area contributed by atoms with E-state index in [1.165, 1.54) is 0 Å². The third kappa shape index (κ3) is 2.38. The zero-order valence-electron chi connectivity index (χ0n) is 10.0. The SMILES string of the molecule is CO[C@H]1CNCC1Nc1nccc(C)c1C#N. The summed E-state index contributed by atoms with van der Waals surface area (Å²) in [5.74, 6) is 0.642. The van der Waals surface area contributed by atoms with Crippen molar-refractivity contribution >= 4 is 5.82 Å². The first-order valence-electron chi connectivity index (χ1n) is 5.62. The molecule has 1 unspecified atom stereocenters. The first kappa shape index (κ1) is 11.8. The topological polar surface area (TPSA) is 70.0 Å². The van der Waals surface area contributed by atoms with Gasteiger partial charge in [-0.25, -0.2) is 4.98 Å². The van der Waals surface area contributed by atoms with Crippen LogP contribution in [0.1, 0.15) is 11.1 Å². The van der Waals surface area contributed by atoms with Gasteiger partial charge < -0.3 is 15.4 Å². The second kappa shape index (κ2) is 5.13. The molecule has 0 spiro atoms. The standard InChI is InChI=1S/C12H16N4O/c1-8-3-4-15-12(9(8)5-13)16-10-6-14-7-11(10)17-2/h3-4,10-11,14H,6-7H2,1-2H3,(H,15,16)/t10?,11-/m0/s1. The minimum Gasteiger partial charge on any atom is -0.378 e. The van der Waals surface area contributed by atoms with Crippen LogP contribution in [0.3, 0.4) is 0 Å². The van der Waals surface area contributed by atoms with Crippen LogP contribution in [0.2, 0.25) is 0 Å². The van der Waals surface area contributed by atoms with Gasteiger partial charge in [0, 0.05) is 26.4 Å². The molecule has 2 atom stereocenters. The normalized spacial score (nSPS) is 23.4. The highest BCUT2D eigenvalue weighted by Crippen LogP contribution is 2.18. The van der Waals surface area contributed by atoms with Crippen molar-refractivity contribution in [3.63, 3.8) is 0 Å². The van der Waals surface area contributed by atoms with Gasteiger partial charge in [-0.2, -0.15) is 5.26 Å². The maximum Gasteiger partial charge on any atom is 0.144 e. The molecule has 2 N–H and O–H groups in total. The van der Waals surface area contributed by atoms with Crippen LogP contribution in [0, 0.1) is 18.3 Å². The summed E-state index contributed by atoms with van der Waals surface area (Å²) in [6.45, 7) is 3.55. The number of aryl methyl sites for hydroxylation is 1. The number of ether oxygens (including phenoxy) is 1. The number of pyridine rings is 1. The van der Waals surface area contributed by atoms with E-state index in [9.17, 15) is 0 Å². The molecule has 0 aromatic carbocycles. The van der Waals surface area contributed by atoms with Gasteiger partial charge in [0.25, 0.3) is 0 Å². The summed E-state index contributed by atoms with van der Waals surface area (Å²) in [6, 6.07) is 4.18. The van der Waals surface area contributed by atoms with Crippen molar-refractivity contribution in [3.05, 3.63) is 23.4 Å². The zero-order valence-corrected chi connectivity index (χ0v) is 10.0. The highest BCUT2D eigenvalue weighted by Gasteiger charge is 2.27. The number of hydrogen-bond acceptors (Lipinski definition) is 5. The number of rotatable bonds is 3. The monoisotopic (exact) mass is 232 g/mol. The number of nitriles is 1. The summed E-state index contributed by atoms with van der Waals surface area (Å²) in [6.07, 6.45) is 1.83. The van der Waals surface area contributed by atoms with E-state index < -0.39 is 0 Å². The maximum absolute atomic E-state index is 9.12. The van der Waals surface area contributed by atoms with Crippen LogP contribution < -0.4 is 10.6 Å². The summed E-state index contributed by atoms with van der Waals surface area (Å²) in [5, 5.41) is 15.6. The van der Waals surface area contributed by atoms with Gasteiger partial charge in [0.1, 0.15) is 11.9 Å². The molecule has 1 aliphatic heterocycles. The predicted molar refractivity (Wildman–Crippen MR) is 64.8 cm³/mol. The van der Waals surface area contributed by atoms with Gasteiger partial charge in [-0.1, -0.05) is 0 Å². The van der Waals surface area contributed by atoms with Crippen molar-refractivity contribution in [2.24, 2.45) is 0 Å². The maximum atomic E-state index is 9.12. The molecular weight excluding hydrogens is 216 g/mol. The summed E-state index contributed by atoms with van der Waals surface area (Å²) >= 11 is 0. The van der Waals surface area contributed by atoms with Crippen molar-refractivity contribution < 1.29 is 4.74 Å². The number of aromatic nitrogens is 1. The lowest BCUT2D eigenvalue weighted by Gasteiger charge is -2.20. The average molecular weight is 232 g/mol. The van der Waals surface area contributed by atoms with Crippen LogP contribution in [0.25, 0.3) is 0 Å². The van der Waals surface area contributed by atoms with E-state index in [-0.39, 0.29) is 12.1 Å². The number of anilines is 1. The second-order valence-electron chi connectivity index (χ2n) is 4.15. The van der Waals surface area contributed by atoms with Crippen LogP contribution >= 0.6 is 0 Å². The molecule has 17 heavy (non-hydrogen) atoms. The Balaban J connectivity index is 2.19.